The predicted molar refractivity (Wildman–Crippen MR) is 109 cm³/mol. The Hall–Kier alpha value is -1.84. The maximum Gasteiger partial charge on any atom is 0.137 e. The van der Waals surface area contributed by atoms with Gasteiger partial charge in [-0.2, -0.15) is 0 Å². The summed E-state index contributed by atoms with van der Waals surface area (Å²) in [5.41, 5.74) is 3.69. The lowest BCUT2D eigenvalue weighted by atomic mass is 9.85. The second-order valence-corrected chi connectivity index (χ2v) is 8.98. The fraction of sp³-hybridized carbons (Fsp3) is 0.478. The van der Waals surface area contributed by atoms with Crippen LogP contribution in [0.4, 0.5) is 0 Å². The maximum atomic E-state index is 10.5. The fourth-order valence-corrected chi connectivity index (χ4v) is 3.31. The Balaban J connectivity index is 1.97. The van der Waals surface area contributed by atoms with Crippen molar-refractivity contribution in [3.05, 3.63) is 65.2 Å². The van der Waals surface area contributed by atoms with E-state index in [1.807, 2.05) is 12.1 Å². The number of quaternary nitrogens is 1. The van der Waals surface area contributed by atoms with Crippen molar-refractivity contribution in [2.45, 2.75) is 45.8 Å². The molecule has 0 amide bonds. The highest BCUT2D eigenvalue weighted by atomic mass is 16.5. The monoisotopic (exact) mass is 356 g/mol. The summed E-state index contributed by atoms with van der Waals surface area (Å²) in [7, 11) is 4.28. The normalized spacial score (nSPS) is 13.5. The van der Waals surface area contributed by atoms with Gasteiger partial charge in [0.25, 0.3) is 0 Å². The van der Waals surface area contributed by atoms with E-state index < -0.39 is 6.10 Å². The van der Waals surface area contributed by atoms with Crippen molar-refractivity contribution in [2.24, 2.45) is 0 Å². The molecule has 0 fully saturated rings. The Morgan fingerprint density at radius 2 is 1.69 bits per heavy atom. The molecule has 3 heteroatoms. The molecule has 0 aliphatic carbocycles. The molecule has 142 valence electrons. The minimum Gasteiger partial charge on any atom is -0.490 e. The number of likely N-dealkylation sites (N-methyl/N-ethyl adjacent to an activating group) is 1. The number of rotatable bonds is 7. The molecule has 1 N–H and O–H groups in total. The van der Waals surface area contributed by atoms with Gasteiger partial charge in [0, 0.05) is 5.56 Å². The Bertz CT molecular complexity index is 702. The second kappa shape index (κ2) is 8.24. The van der Waals surface area contributed by atoms with Crippen LogP contribution in [0, 0.1) is 6.92 Å². The Labute approximate surface area is 158 Å². The van der Waals surface area contributed by atoms with Crippen LogP contribution in [0.2, 0.25) is 0 Å². The number of nitrogens with zero attached hydrogens (tertiary/aromatic N) is 1. The number of hydrogen-bond donors (Lipinski definition) is 1. The van der Waals surface area contributed by atoms with E-state index in [0.29, 0.717) is 17.6 Å². The highest BCUT2D eigenvalue weighted by molar-refractivity contribution is 5.41. The molecule has 0 aliphatic rings. The lowest BCUT2D eigenvalue weighted by Gasteiger charge is -2.32. The number of hydrogen-bond acceptors (Lipinski definition) is 2. The van der Waals surface area contributed by atoms with Gasteiger partial charge >= 0.3 is 0 Å². The molecule has 0 unspecified atom stereocenters. The number of ether oxygens (including phenoxy) is 1. The molecular formula is C23H34NO2+. The van der Waals surface area contributed by atoms with E-state index in [-0.39, 0.29) is 5.41 Å². The van der Waals surface area contributed by atoms with Gasteiger partial charge in [0.05, 0.1) is 14.1 Å². The lowest BCUT2D eigenvalue weighted by molar-refractivity contribution is -0.906. The van der Waals surface area contributed by atoms with E-state index in [0.717, 1.165) is 12.3 Å². The summed E-state index contributed by atoms with van der Waals surface area (Å²) < 4.78 is 6.73. The zero-order valence-electron chi connectivity index (χ0n) is 17.1. The van der Waals surface area contributed by atoms with Crippen LogP contribution in [0.15, 0.2) is 48.5 Å². The minimum absolute atomic E-state index is 0.00888. The number of aliphatic hydroxyl groups is 1. The lowest BCUT2D eigenvalue weighted by Crippen LogP contribution is -2.46. The molecule has 2 aromatic carbocycles. The largest absolute Gasteiger partial charge is 0.490 e. The smallest absolute Gasteiger partial charge is 0.137 e. The third kappa shape index (κ3) is 6.15. The van der Waals surface area contributed by atoms with Crippen molar-refractivity contribution in [1.82, 2.24) is 0 Å². The zero-order valence-corrected chi connectivity index (χ0v) is 17.1. The first kappa shape index (κ1) is 20.5. The summed E-state index contributed by atoms with van der Waals surface area (Å²) in [6.45, 7) is 10.5. The van der Waals surface area contributed by atoms with Gasteiger partial charge in [0.15, 0.2) is 0 Å². The first-order valence-electron chi connectivity index (χ1n) is 9.35. The van der Waals surface area contributed by atoms with Crippen molar-refractivity contribution in [1.29, 1.82) is 0 Å². The summed E-state index contributed by atoms with van der Waals surface area (Å²) in [6.07, 6.45) is -0.511. The molecule has 1 atom stereocenters. The summed E-state index contributed by atoms with van der Waals surface area (Å²) in [5.74, 6) is 0.871. The molecular weight excluding hydrogens is 322 g/mol. The van der Waals surface area contributed by atoms with Crippen LogP contribution in [0.25, 0.3) is 0 Å². The molecule has 26 heavy (non-hydrogen) atoms. The van der Waals surface area contributed by atoms with E-state index in [4.69, 9.17) is 4.74 Å². The van der Waals surface area contributed by atoms with E-state index in [9.17, 15) is 5.11 Å². The van der Waals surface area contributed by atoms with Crippen molar-refractivity contribution < 1.29 is 14.3 Å². The number of benzene rings is 2. The van der Waals surface area contributed by atoms with Gasteiger partial charge in [0.1, 0.15) is 31.5 Å². The first-order valence-corrected chi connectivity index (χ1v) is 9.35. The molecule has 0 heterocycles. The summed E-state index contributed by atoms with van der Waals surface area (Å²) >= 11 is 0. The molecule has 0 aromatic heterocycles. The Morgan fingerprint density at radius 3 is 2.31 bits per heavy atom. The van der Waals surface area contributed by atoms with E-state index in [1.165, 1.54) is 16.7 Å². The van der Waals surface area contributed by atoms with Crippen LogP contribution >= 0.6 is 0 Å². The van der Waals surface area contributed by atoms with Gasteiger partial charge in [0.2, 0.25) is 0 Å². The molecule has 2 aromatic rings. The highest BCUT2D eigenvalue weighted by Crippen LogP contribution is 2.32. The third-order valence-electron chi connectivity index (χ3n) is 4.53. The van der Waals surface area contributed by atoms with Crippen LogP contribution in [0.3, 0.4) is 0 Å². The Morgan fingerprint density at radius 1 is 1.04 bits per heavy atom. The first-order chi connectivity index (χ1) is 12.1. The van der Waals surface area contributed by atoms with Crippen molar-refractivity contribution >= 4 is 0 Å². The van der Waals surface area contributed by atoms with Crippen LogP contribution in [0.1, 0.15) is 37.5 Å². The summed E-state index contributed by atoms with van der Waals surface area (Å²) in [4.78, 5) is 0. The van der Waals surface area contributed by atoms with Crippen LogP contribution in [-0.4, -0.2) is 42.9 Å². The maximum absolute atomic E-state index is 10.5. The average Bonchev–Trinajstić information content (AvgIpc) is 2.52. The van der Waals surface area contributed by atoms with Crippen molar-refractivity contribution in [3.8, 4) is 5.75 Å². The number of aryl methyl sites for hydroxylation is 1. The van der Waals surface area contributed by atoms with Crippen LogP contribution in [-0.2, 0) is 12.0 Å². The molecule has 0 radical (unpaired) electrons. The standard InChI is InChI=1S/C23H34NO2/c1-18-12-13-22(21(14-18)23(2,3)4)26-17-20(25)16-24(5,6)15-19-10-8-7-9-11-19/h7-14,20,25H,15-17H2,1-6H3/q+1/t20-/m1/s1. The van der Waals surface area contributed by atoms with Gasteiger partial charge in [-0.15, -0.1) is 0 Å². The van der Waals surface area contributed by atoms with Gasteiger partial charge in [-0.1, -0.05) is 68.8 Å². The molecule has 3 nitrogen and oxygen atoms in total. The molecule has 0 spiro atoms. The van der Waals surface area contributed by atoms with Gasteiger partial charge in [-0.05, 0) is 24.0 Å². The SMILES string of the molecule is Cc1ccc(OC[C@H](O)C[N+](C)(C)Cc2ccccc2)c(C(C)(C)C)c1. The second-order valence-electron chi connectivity index (χ2n) is 8.98. The molecule has 0 saturated heterocycles. The fourth-order valence-electron chi connectivity index (χ4n) is 3.31. The molecule has 0 saturated carbocycles. The van der Waals surface area contributed by atoms with Crippen LogP contribution in [0.5, 0.6) is 5.75 Å². The van der Waals surface area contributed by atoms with Crippen molar-refractivity contribution in [3.63, 3.8) is 0 Å². The zero-order chi connectivity index (χ0) is 19.4. The van der Waals surface area contributed by atoms with E-state index in [1.54, 1.807) is 0 Å². The molecule has 0 bridgehead atoms. The van der Waals surface area contributed by atoms with E-state index in [2.05, 4.69) is 78.2 Å². The van der Waals surface area contributed by atoms with Gasteiger partial charge in [-0.25, -0.2) is 0 Å². The van der Waals surface area contributed by atoms with Gasteiger partial charge < -0.3 is 14.3 Å². The Kier molecular flexibility index (Phi) is 6.48. The van der Waals surface area contributed by atoms with Crippen LogP contribution < -0.4 is 4.74 Å². The highest BCUT2D eigenvalue weighted by Gasteiger charge is 2.23. The predicted octanol–water partition coefficient (Wildman–Crippen LogP) is 4.31. The summed E-state index contributed by atoms with van der Waals surface area (Å²) in [6, 6.07) is 16.7. The topological polar surface area (TPSA) is 29.5 Å². The average molecular weight is 357 g/mol. The third-order valence-corrected chi connectivity index (χ3v) is 4.53. The van der Waals surface area contributed by atoms with Crippen molar-refractivity contribution in [2.75, 3.05) is 27.2 Å². The minimum atomic E-state index is -0.511. The number of aliphatic hydroxyl groups excluding tert-OH is 1. The molecule has 0 aliphatic heterocycles. The van der Waals surface area contributed by atoms with Gasteiger partial charge in [-0.3, -0.25) is 0 Å². The quantitative estimate of drug-likeness (QED) is 0.749. The van der Waals surface area contributed by atoms with E-state index >= 15 is 0 Å². The molecule has 2 rings (SSSR count). The summed E-state index contributed by atoms with van der Waals surface area (Å²) in [5, 5.41) is 10.5.